The molecule has 0 spiro atoms. The molecule has 0 saturated heterocycles. The molecular weight excluding hydrogens is 252 g/mol. The zero-order valence-electron chi connectivity index (χ0n) is 9.64. The van der Waals surface area contributed by atoms with Crippen molar-refractivity contribution in [2.24, 2.45) is 0 Å². The minimum Gasteiger partial charge on any atom is -0.392 e. The van der Waals surface area contributed by atoms with Crippen molar-refractivity contribution in [3.8, 4) is 0 Å². The number of hydrogen-bond acceptors (Lipinski definition) is 2. The molecule has 18 heavy (non-hydrogen) atoms. The van der Waals surface area contributed by atoms with E-state index in [1.54, 1.807) is 47.3 Å². The van der Waals surface area contributed by atoms with Gasteiger partial charge < -0.3 is 15.0 Å². The number of halogens is 1. The minimum atomic E-state index is -0.127. The number of carbonyl (C=O) groups excluding carboxylic acids is 1. The second kappa shape index (κ2) is 5.71. The summed E-state index contributed by atoms with van der Waals surface area (Å²) in [6, 6.07) is 8.70. The van der Waals surface area contributed by atoms with Crippen molar-refractivity contribution in [2.45, 2.75) is 13.2 Å². The lowest BCUT2D eigenvalue weighted by atomic mass is 10.3. The first-order chi connectivity index (χ1) is 8.67. The molecule has 1 amide bonds. The van der Waals surface area contributed by atoms with Crippen molar-refractivity contribution in [2.75, 3.05) is 5.32 Å². The van der Waals surface area contributed by atoms with E-state index in [9.17, 15) is 4.79 Å². The summed E-state index contributed by atoms with van der Waals surface area (Å²) in [5, 5.41) is 12.3. The zero-order chi connectivity index (χ0) is 13.0. The number of carbonyl (C=O) groups is 1. The van der Waals surface area contributed by atoms with Gasteiger partial charge >= 0.3 is 0 Å². The van der Waals surface area contributed by atoms with E-state index < -0.39 is 0 Å². The predicted molar refractivity (Wildman–Crippen MR) is 70.4 cm³/mol. The van der Waals surface area contributed by atoms with Crippen molar-refractivity contribution < 1.29 is 9.90 Å². The van der Waals surface area contributed by atoms with Crippen LogP contribution in [0.3, 0.4) is 0 Å². The molecule has 0 saturated carbocycles. The van der Waals surface area contributed by atoms with Gasteiger partial charge in [-0.1, -0.05) is 11.6 Å². The average Bonchev–Trinajstić information content (AvgIpc) is 2.79. The van der Waals surface area contributed by atoms with Crippen LogP contribution in [0.1, 0.15) is 5.56 Å². The molecule has 5 heteroatoms. The van der Waals surface area contributed by atoms with Crippen molar-refractivity contribution in [1.82, 2.24) is 4.57 Å². The van der Waals surface area contributed by atoms with Crippen molar-refractivity contribution >= 4 is 23.2 Å². The van der Waals surface area contributed by atoms with Crippen LogP contribution < -0.4 is 5.32 Å². The van der Waals surface area contributed by atoms with Crippen molar-refractivity contribution in [3.63, 3.8) is 0 Å². The van der Waals surface area contributed by atoms with Gasteiger partial charge in [0.15, 0.2) is 0 Å². The third-order valence-electron chi connectivity index (χ3n) is 2.45. The monoisotopic (exact) mass is 264 g/mol. The summed E-state index contributed by atoms with van der Waals surface area (Å²) in [4.78, 5) is 11.7. The van der Waals surface area contributed by atoms with Gasteiger partial charge in [0, 0.05) is 23.1 Å². The molecule has 2 N–H and O–H groups in total. The molecule has 2 aromatic rings. The molecule has 0 aliphatic heterocycles. The van der Waals surface area contributed by atoms with E-state index in [1.807, 2.05) is 0 Å². The molecule has 1 aromatic carbocycles. The van der Waals surface area contributed by atoms with E-state index in [-0.39, 0.29) is 19.1 Å². The number of aromatic nitrogens is 1. The fraction of sp³-hybridized carbons (Fsp3) is 0.154. The number of hydrogen-bond donors (Lipinski definition) is 2. The van der Waals surface area contributed by atoms with E-state index in [2.05, 4.69) is 5.32 Å². The fourth-order valence-corrected chi connectivity index (χ4v) is 1.71. The van der Waals surface area contributed by atoms with Crippen LogP contribution in [0.4, 0.5) is 5.69 Å². The van der Waals surface area contributed by atoms with E-state index >= 15 is 0 Å². The molecule has 0 radical (unpaired) electrons. The van der Waals surface area contributed by atoms with Gasteiger partial charge in [0.1, 0.15) is 6.54 Å². The number of aliphatic hydroxyl groups excluding tert-OH is 1. The summed E-state index contributed by atoms with van der Waals surface area (Å²) in [6.07, 6.45) is 3.49. The summed E-state index contributed by atoms with van der Waals surface area (Å²) >= 11 is 5.76. The first-order valence-electron chi connectivity index (χ1n) is 5.48. The number of nitrogens with zero attached hydrogens (tertiary/aromatic N) is 1. The van der Waals surface area contributed by atoms with E-state index in [1.165, 1.54) is 0 Å². The van der Waals surface area contributed by atoms with E-state index in [4.69, 9.17) is 16.7 Å². The Morgan fingerprint density at radius 2 is 2.00 bits per heavy atom. The Kier molecular flexibility index (Phi) is 4.02. The van der Waals surface area contributed by atoms with E-state index in [0.717, 1.165) is 5.56 Å². The SMILES string of the molecule is O=C(Cn1ccc(CO)c1)Nc1ccc(Cl)cc1. The Bertz CT molecular complexity index is 534. The highest BCUT2D eigenvalue weighted by molar-refractivity contribution is 6.30. The smallest absolute Gasteiger partial charge is 0.244 e. The van der Waals surface area contributed by atoms with Gasteiger partial charge in [0.05, 0.1) is 6.61 Å². The maximum Gasteiger partial charge on any atom is 0.244 e. The summed E-state index contributed by atoms with van der Waals surface area (Å²) in [7, 11) is 0. The molecule has 4 nitrogen and oxygen atoms in total. The van der Waals surface area contributed by atoms with Crippen molar-refractivity contribution in [3.05, 3.63) is 53.3 Å². The van der Waals surface area contributed by atoms with Gasteiger partial charge in [-0.25, -0.2) is 0 Å². The maximum atomic E-state index is 11.7. The van der Waals surface area contributed by atoms with Gasteiger partial charge in [-0.15, -0.1) is 0 Å². The minimum absolute atomic E-state index is 0.0220. The Balaban J connectivity index is 1.94. The summed E-state index contributed by atoms with van der Waals surface area (Å²) < 4.78 is 1.72. The summed E-state index contributed by atoms with van der Waals surface area (Å²) in [5.41, 5.74) is 1.49. The van der Waals surface area contributed by atoms with E-state index in [0.29, 0.717) is 10.7 Å². The number of benzene rings is 1. The second-order valence-corrected chi connectivity index (χ2v) is 4.34. The van der Waals surface area contributed by atoms with Crippen molar-refractivity contribution in [1.29, 1.82) is 0 Å². The quantitative estimate of drug-likeness (QED) is 0.890. The molecule has 1 aromatic heterocycles. The molecule has 0 unspecified atom stereocenters. The van der Waals surface area contributed by atoms with Gasteiger partial charge in [0.25, 0.3) is 0 Å². The van der Waals surface area contributed by atoms with Crippen LogP contribution in [0, 0.1) is 0 Å². The van der Waals surface area contributed by atoms with Gasteiger partial charge in [0.2, 0.25) is 5.91 Å². The standard InChI is InChI=1S/C13H13ClN2O2/c14-11-1-3-12(4-2-11)15-13(18)8-16-6-5-10(7-16)9-17/h1-7,17H,8-9H2,(H,15,18). The highest BCUT2D eigenvalue weighted by Crippen LogP contribution is 2.13. The topological polar surface area (TPSA) is 54.3 Å². The lowest BCUT2D eigenvalue weighted by molar-refractivity contribution is -0.116. The number of aliphatic hydroxyl groups is 1. The average molecular weight is 265 g/mol. The lowest BCUT2D eigenvalue weighted by Gasteiger charge is -2.06. The molecule has 2 rings (SSSR count). The first kappa shape index (κ1) is 12.7. The molecule has 0 aliphatic carbocycles. The molecule has 1 heterocycles. The van der Waals surface area contributed by atoms with Crippen LogP contribution >= 0.6 is 11.6 Å². The van der Waals surface area contributed by atoms with Crippen LogP contribution in [0.25, 0.3) is 0 Å². The maximum absolute atomic E-state index is 11.7. The Morgan fingerprint density at radius 1 is 1.28 bits per heavy atom. The van der Waals surface area contributed by atoms with Gasteiger partial charge in [-0.3, -0.25) is 4.79 Å². The summed E-state index contributed by atoms with van der Waals surface area (Å²) in [5.74, 6) is -0.127. The molecular formula is C13H13ClN2O2. The first-order valence-corrected chi connectivity index (χ1v) is 5.86. The second-order valence-electron chi connectivity index (χ2n) is 3.91. The Labute approximate surface area is 110 Å². The Hall–Kier alpha value is -1.78. The van der Waals surface area contributed by atoms with Crippen LogP contribution in [0.5, 0.6) is 0 Å². The van der Waals surface area contributed by atoms with Crippen LogP contribution in [-0.4, -0.2) is 15.6 Å². The lowest BCUT2D eigenvalue weighted by Crippen LogP contribution is -2.17. The van der Waals surface area contributed by atoms with Crippen LogP contribution in [0.2, 0.25) is 5.02 Å². The molecule has 0 fully saturated rings. The van der Waals surface area contributed by atoms with Crippen LogP contribution in [-0.2, 0) is 17.9 Å². The van der Waals surface area contributed by atoms with Crippen LogP contribution in [0.15, 0.2) is 42.7 Å². The molecule has 94 valence electrons. The molecule has 0 bridgehead atoms. The third-order valence-corrected chi connectivity index (χ3v) is 2.70. The number of amides is 1. The van der Waals surface area contributed by atoms with Gasteiger partial charge in [-0.05, 0) is 35.9 Å². The number of rotatable bonds is 4. The normalized spacial score (nSPS) is 10.3. The highest BCUT2D eigenvalue weighted by Gasteiger charge is 2.04. The molecule has 0 aliphatic rings. The predicted octanol–water partition coefficient (Wildman–Crippen LogP) is 2.27. The number of nitrogens with one attached hydrogen (secondary N) is 1. The molecule has 0 atom stereocenters. The Morgan fingerprint density at radius 3 is 2.61 bits per heavy atom. The third kappa shape index (κ3) is 3.35. The van der Waals surface area contributed by atoms with Gasteiger partial charge in [-0.2, -0.15) is 0 Å². The zero-order valence-corrected chi connectivity index (χ0v) is 10.4. The largest absolute Gasteiger partial charge is 0.392 e. The fourth-order valence-electron chi connectivity index (χ4n) is 1.58. The number of anilines is 1. The summed E-state index contributed by atoms with van der Waals surface area (Å²) in [6.45, 7) is 0.189. The highest BCUT2D eigenvalue weighted by atomic mass is 35.5.